The minimum Gasteiger partial charge on any atom is -0.480 e. The molecule has 0 bridgehead atoms. The Kier molecular flexibility index (Phi) is 5.11. The third-order valence-corrected chi connectivity index (χ3v) is 4.97. The topological polar surface area (TPSA) is 119 Å². The minimum atomic E-state index is -0.631. The van der Waals surface area contributed by atoms with Crippen molar-refractivity contribution in [3.05, 3.63) is 56.5 Å². The van der Waals surface area contributed by atoms with Crippen molar-refractivity contribution in [2.45, 2.75) is 39.2 Å². The van der Waals surface area contributed by atoms with Gasteiger partial charge in [0.15, 0.2) is 5.65 Å². The first kappa shape index (κ1) is 19.8. The number of nitrogens with zero attached hydrogens (tertiary/aromatic N) is 3. The molecule has 30 heavy (non-hydrogen) atoms. The molecule has 0 atom stereocenters. The molecule has 3 heterocycles. The van der Waals surface area contributed by atoms with Crippen LogP contribution in [0.25, 0.3) is 11.0 Å². The van der Waals surface area contributed by atoms with E-state index >= 15 is 0 Å². The second kappa shape index (κ2) is 7.74. The second-order valence-electron chi connectivity index (χ2n) is 7.85. The van der Waals surface area contributed by atoms with E-state index in [0.717, 1.165) is 12.8 Å². The smallest absolute Gasteiger partial charge is 0.330 e. The zero-order valence-electron chi connectivity index (χ0n) is 17.1. The number of amides is 1. The Labute approximate surface area is 172 Å². The highest BCUT2D eigenvalue weighted by molar-refractivity contribution is 6.12. The van der Waals surface area contributed by atoms with Crippen LogP contribution in [0.3, 0.4) is 0 Å². The Morgan fingerprint density at radius 2 is 2.13 bits per heavy atom. The molecule has 2 N–H and O–H groups in total. The molecule has 0 spiro atoms. The largest absolute Gasteiger partial charge is 0.480 e. The summed E-state index contributed by atoms with van der Waals surface area (Å²) in [7, 11) is 1.46. The van der Waals surface area contributed by atoms with E-state index < -0.39 is 17.2 Å². The standard InChI is InChI=1S/C21H23N5O4/c1-11(2)10-26-17-16(19(28)25-21(26)29)13(9-15(23-17)12-6-7-12)18(27)24-14-5-4-8-22-20(14)30-3/h4-5,8-9,11-12H,6-7,10H2,1-3H3,(H,24,27)(H,25,28,29). The summed E-state index contributed by atoms with van der Waals surface area (Å²) in [6.45, 7) is 4.32. The van der Waals surface area contributed by atoms with Gasteiger partial charge in [0, 0.05) is 24.4 Å². The molecule has 0 saturated heterocycles. The number of ether oxygens (including phenoxy) is 1. The number of nitrogens with one attached hydrogen (secondary N) is 2. The number of carbonyl (C=O) groups excluding carboxylic acids is 1. The van der Waals surface area contributed by atoms with Gasteiger partial charge >= 0.3 is 5.69 Å². The normalized spacial score (nSPS) is 13.6. The maximum atomic E-state index is 13.2. The molecule has 1 fully saturated rings. The van der Waals surface area contributed by atoms with Gasteiger partial charge in [0.25, 0.3) is 11.5 Å². The first-order valence-corrected chi connectivity index (χ1v) is 9.87. The van der Waals surface area contributed by atoms with Crippen molar-refractivity contribution in [2.24, 2.45) is 5.92 Å². The van der Waals surface area contributed by atoms with E-state index in [1.165, 1.54) is 11.7 Å². The highest BCUT2D eigenvalue weighted by Gasteiger charge is 2.29. The van der Waals surface area contributed by atoms with E-state index in [4.69, 9.17) is 4.74 Å². The number of aromatic amines is 1. The lowest BCUT2D eigenvalue weighted by Crippen LogP contribution is -2.33. The summed E-state index contributed by atoms with van der Waals surface area (Å²) in [5.41, 5.74) is 0.356. The third kappa shape index (κ3) is 3.70. The van der Waals surface area contributed by atoms with Crippen LogP contribution in [0.2, 0.25) is 0 Å². The molecule has 4 rings (SSSR count). The summed E-state index contributed by atoms with van der Waals surface area (Å²) < 4.78 is 6.63. The van der Waals surface area contributed by atoms with E-state index in [1.54, 1.807) is 24.4 Å². The molecule has 9 heteroatoms. The van der Waals surface area contributed by atoms with Crippen LogP contribution in [0.15, 0.2) is 34.0 Å². The lowest BCUT2D eigenvalue weighted by atomic mass is 10.1. The van der Waals surface area contributed by atoms with E-state index in [9.17, 15) is 14.4 Å². The van der Waals surface area contributed by atoms with Gasteiger partial charge in [0.1, 0.15) is 5.69 Å². The van der Waals surface area contributed by atoms with Crippen LogP contribution in [0.1, 0.15) is 48.7 Å². The van der Waals surface area contributed by atoms with Crippen LogP contribution in [-0.2, 0) is 6.54 Å². The minimum absolute atomic E-state index is 0.0972. The van der Waals surface area contributed by atoms with Crippen LogP contribution in [0.4, 0.5) is 5.69 Å². The first-order valence-electron chi connectivity index (χ1n) is 9.87. The zero-order valence-corrected chi connectivity index (χ0v) is 17.1. The van der Waals surface area contributed by atoms with Gasteiger partial charge < -0.3 is 10.1 Å². The van der Waals surface area contributed by atoms with Crippen LogP contribution in [0, 0.1) is 5.92 Å². The molecule has 1 aliphatic carbocycles. The monoisotopic (exact) mass is 409 g/mol. The van der Waals surface area contributed by atoms with Crippen LogP contribution < -0.4 is 21.3 Å². The Morgan fingerprint density at radius 1 is 1.37 bits per heavy atom. The fourth-order valence-corrected chi connectivity index (χ4v) is 3.43. The molecule has 1 aliphatic rings. The van der Waals surface area contributed by atoms with Gasteiger partial charge in [-0.1, -0.05) is 13.8 Å². The predicted molar refractivity (Wildman–Crippen MR) is 112 cm³/mol. The summed E-state index contributed by atoms with van der Waals surface area (Å²) in [6, 6.07) is 4.98. The molecule has 1 amide bonds. The molecular weight excluding hydrogens is 386 g/mol. The van der Waals surface area contributed by atoms with Crippen molar-refractivity contribution in [1.82, 2.24) is 19.5 Å². The number of pyridine rings is 2. The second-order valence-corrected chi connectivity index (χ2v) is 7.85. The van der Waals surface area contributed by atoms with Gasteiger partial charge in [-0.05, 0) is 37.0 Å². The van der Waals surface area contributed by atoms with Gasteiger partial charge in [-0.15, -0.1) is 0 Å². The Morgan fingerprint density at radius 3 is 2.80 bits per heavy atom. The number of carbonyl (C=O) groups is 1. The molecule has 0 radical (unpaired) electrons. The number of anilines is 1. The Bertz CT molecular complexity index is 1240. The number of aromatic nitrogens is 4. The zero-order chi connectivity index (χ0) is 21.4. The number of hydrogen-bond acceptors (Lipinski definition) is 6. The molecular formula is C21H23N5O4. The Hall–Kier alpha value is -3.49. The van der Waals surface area contributed by atoms with Crippen molar-refractivity contribution < 1.29 is 9.53 Å². The van der Waals surface area contributed by atoms with Crippen molar-refractivity contribution in [1.29, 1.82) is 0 Å². The van der Waals surface area contributed by atoms with Gasteiger partial charge in [-0.25, -0.2) is 14.8 Å². The molecule has 0 aromatic carbocycles. The molecule has 3 aromatic heterocycles. The van der Waals surface area contributed by atoms with Gasteiger partial charge in [0.2, 0.25) is 5.88 Å². The number of rotatable bonds is 6. The molecule has 0 aliphatic heterocycles. The van der Waals surface area contributed by atoms with E-state index in [-0.39, 0.29) is 34.3 Å². The fraction of sp³-hybridized carbons (Fsp3) is 0.381. The first-order chi connectivity index (χ1) is 14.4. The molecule has 0 unspecified atom stereocenters. The molecule has 156 valence electrons. The van der Waals surface area contributed by atoms with Gasteiger partial charge in [0.05, 0.1) is 18.1 Å². The maximum absolute atomic E-state index is 13.2. The highest BCUT2D eigenvalue weighted by Crippen LogP contribution is 2.40. The van der Waals surface area contributed by atoms with Crippen molar-refractivity contribution in [3.8, 4) is 5.88 Å². The SMILES string of the molecule is COc1ncccc1NC(=O)c1cc(C2CC2)nc2c1c(=O)[nH]c(=O)n2CC(C)C. The maximum Gasteiger partial charge on any atom is 0.330 e. The van der Waals surface area contributed by atoms with Gasteiger partial charge in [-0.2, -0.15) is 0 Å². The van der Waals surface area contributed by atoms with Crippen molar-refractivity contribution >= 4 is 22.6 Å². The highest BCUT2D eigenvalue weighted by atomic mass is 16.5. The summed E-state index contributed by atoms with van der Waals surface area (Å²) in [4.78, 5) is 49.4. The van der Waals surface area contributed by atoms with Gasteiger partial charge in [-0.3, -0.25) is 19.1 Å². The van der Waals surface area contributed by atoms with Crippen LogP contribution in [-0.4, -0.2) is 32.5 Å². The molecule has 9 nitrogen and oxygen atoms in total. The molecule has 3 aromatic rings. The van der Waals surface area contributed by atoms with Crippen LogP contribution >= 0.6 is 0 Å². The van der Waals surface area contributed by atoms with Crippen molar-refractivity contribution in [3.63, 3.8) is 0 Å². The summed E-state index contributed by atoms with van der Waals surface area (Å²) in [5.74, 6) is 0.156. The predicted octanol–water partition coefficient (Wildman–Crippen LogP) is 2.27. The number of H-pyrrole nitrogens is 1. The Balaban J connectivity index is 1.91. The third-order valence-electron chi connectivity index (χ3n) is 4.97. The lowest BCUT2D eigenvalue weighted by Gasteiger charge is -2.15. The quantitative estimate of drug-likeness (QED) is 0.645. The summed E-state index contributed by atoms with van der Waals surface area (Å²) in [5, 5.41) is 2.86. The summed E-state index contributed by atoms with van der Waals surface area (Å²) in [6.07, 6.45) is 3.48. The van der Waals surface area contributed by atoms with E-state index in [2.05, 4.69) is 20.3 Å². The summed E-state index contributed by atoms with van der Waals surface area (Å²) >= 11 is 0. The fourth-order valence-electron chi connectivity index (χ4n) is 3.43. The average molecular weight is 409 g/mol. The van der Waals surface area contributed by atoms with Crippen molar-refractivity contribution in [2.75, 3.05) is 12.4 Å². The number of methoxy groups -OCH3 is 1. The van der Waals surface area contributed by atoms with E-state index in [1.807, 2.05) is 13.8 Å². The lowest BCUT2D eigenvalue weighted by molar-refractivity contribution is 0.102. The number of fused-ring (bicyclic) bond motifs is 1. The molecule has 1 saturated carbocycles. The van der Waals surface area contributed by atoms with Crippen LogP contribution in [0.5, 0.6) is 5.88 Å². The number of hydrogen-bond donors (Lipinski definition) is 2. The average Bonchev–Trinajstić information content (AvgIpc) is 3.55. The van der Waals surface area contributed by atoms with E-state index in [0.29, 0.717) is 17.9 Å².